The first kappa shape index (κ1) is 21.1. The Morgan fingerprint density at radius 1 is 1.15 bits per heavy atom. The van der Waals surface area contributed by atoms with Crippen molar-refractivity contribution in [2.75, 3.05) is 20.7 Å². The zero-order valence-corrected chi connectivity index (χ0v) is 16.2. The van der Waals surface area contributed by atoms with Crippen LogP contribution in [0.2, 0.25) is 5.02 Å². The SMILES string of the molecule is CN(C)C(=O)OCCC(c1cc(F)ccc1F)S(=O)(=O)c1ccc(Cl)cc1. The third-order valence-corrected chi connectivity index (χ3v) is 6.21. The highest BCUT2D eigenvalue weighted by Crippen LogP contribution is 2.34. The Bertz CT molecular complexity index is 917. The molecule has 0 aromatic heterocycles. The molecule has 0 fully saturated rings. The quantitative estimate of drug-likeness (QED) is 0.705. The molecule has 0 aliphatic heterocycles. The molecule has 0 heterocycles. The summed E-state index contributed by atoms with van der Waals surface area (Å²) in [5.74, 6) is -1.63. The minimum absolute atomic E-state index is 0.0977. The fourth-order valence-electron chi connectivity index (χ4n) is 2.41. The number of hydrogen-bond donors (Lipinski definition) is 0. The van der Waals surface area contributed by atoms with Crippen molar-refractivity contribution < 1.29 is 26.7 Å². The Morgan fingerprint density at radius 3 is 2.37 bits per heavy atom. The van der Waals surface area contributed by atoms with Gasteiger partial charge in [0.2, 0.25) is 0 Å². The molecule has 0 spiro atoms. The van der Waals surface area contributed by atoms with Crippen molar-refractivity contribution >= 4 is 27.5 Å². The van der Waals surface area contributed by atoms with E-state index in [1.54, 1.807) is 0 Å². The van der Waals surface area contributed by atoms with Crippen LogP contribution in [-0.4, -0.2) is 40.1 Å². The molecule has 27 heavy (non-hydrogen) atoms. The third-order valence-electron chi connectivity index (χ3n) is 3.79. The maximum absolute atomic E-state index is 14.3. The largest absolute Gasteiger partial charge is 0.449 e. The number of halogens is 3. The summed E-state index contributed by atoms with van der Waals surface area (Å²) in [4.78, 5) is 12.6. The first-order valence-electron chi connectivity index (χ1n) is 7.91. The van der Waals surface area contributed by atoms with E-state index in [0.29, 0.717) is 5.02 Å². The van der Waals surface area contributed by atoms with Crippen molar-refractivity contribution in [3.05, 3.63) is 64.7 Å². The first-order chi connectivity index (χ1) is 12.6. The van der Waals surface area contributed by atoms with Crippen LogP contribution in [-0.2, 0) is 14.6 Å². The lowest BCUT2D eigenvalue weighted by atomic mass is 10.1. The molecule has 9 heteroatoms. The van der Waals surface area contributed by atoms with Gasteiger partial charge in [0.25, 0.3) is 0 Å². The number of benzene rings is 2. The number of amides is 1. The zero-order valence-electron chi connectivity index (χ0n) is 14.7. The van der Waals surface area contributed by atoms with E-state index in [1.807, 2.05) is 0 Å². The summed E-state index contributed by atoms with van der Waals surface area (Å²) in [5, 5.41) is -1.10. The maximum atomic E-state index is 14.3. The van der Waals surface area contributed by atoms with Gasteiger partial charge in [-0.05, 0) is 42.5 Å². The lowest BCUT2D eigenvalue weighted by Gasteiger charge is -2.20. The van der Waals surface area contributed by atoms with Crippen LogP contribution in [0.5, 0.6) is 0 Å². The molecule has 0 saturated carbocycles. The molecule has 2 aromatic carbocycles. The van der Waals surface area contributed by atoms with Crippen molar-refractivity contribution in [2.24, 2.45) is 0 Å². The molecule has 1 amide bonds. The fourth-order valence-corrected chi connectivity index (χ4v) is 4.30. The Morgan fingerprint density at radius 2 is 1.78 bits per heavy atom. The van der Waals surface area contributed by atoms with Gasteiger partial charge in [-0.25, -0.2) is 22.0 Å². The standard InChI is InChI=1S/C18H18ClF2NO4S/c1-22(2)18(23)26-10-9-17(15-11-13(20)5-8-16(15)21)27(24,25)14-6-3-12(19)4-7-14/h3-8,11,17H,9-10H2,1-2H3. The summed E-state index contributed by atoms with van der Waals surface area (Å²) >= 11 is 5.79. The van der Waals surface area contributed by atoms with E-state index in [2.05, 4.69) is 0 Å². The molecule has 146 valence electrons. The Labute approximate surface area is 161 Å². The Hall–Kier alpha value is -2.19. The number of nitrogens with zero attached hydrogens (tertiary/aromatic N) is 1. The van der Waals surface area contributed by atoms with Gasteiger partial charge in [-0.15, -0.1) is 0 Å². The van der Waals surface area contributed by atoms with Gasteiger partial charge in [0.15, 0.2) is 9.84 Å². The average Bonchev–Trinajstić information content (AvgIpc) is 2.61. The number of carbonyl (C=O) groups is 1. The molecular weight excluding hydrogens is 400 g/mol. The first-order valence-corrected chi connectivity index (χ1v) is 9.84. The van der Waals surface area contributed by atoms with Crippen LogP contribution in [0.15, 0.2) is 47.4 Å². The van der Waals surface area contributed by atoms with Gasteiger partial charge in [0.05, 0.1) is 16.8 Å². The van der Waals surface area contributed by atoms with Gasteiger partial charge in [-0.2, -0.15) is 0 Å². The number of hydrogen-bond acceptors (Lipinski definition) is 4. The maximum Gasteiger partial charge on any atom is 0.409 e. The molecule has 0 radical (unpaired) electrons. The van der Waals surface area contributed by atoms with Gasteiger partial charge < -0.3 is 9.64 Å². The minimum atomic E-state index is -4.10. The van der Waals surface area contributed by atoms with Gasteiger partial charge >= 0.3 is 6.09 Å². The minimum Gasteiger partial charge on any atom is -0.449 e. The van der Waals surface area contributed by atoms with Crippen molar-refractivity contribution in [1.82, 2.24) is 4.90 Å². The van der Waals surface area contributed by atoms with E-state index in [4.69, 9.17) is 16.3 Å². The number of rotatable bonds is 6. The van der Waals surface area contributed by atoms with Crippen LogP contribution >= 0.6 is 11.6 Å². The van der Waals surface area contributed by atoms with Crippen LogP contribution < -0.4 is 0 Å². The Balaban J connectivity index is 2.41. The highest BCUT2D eigenvalue weighted by atomic mass is 35.5. The van der Waals surface area contributed by atoms with Gasteiger partial charge in [-0.1, -0.05) is 11.6 Å². The van der Waals surface area contributed by atoms with Crippen LogP contribution in [0, 0.1) is 11.6 Å². The second kappa shape index (κ2) is 8.67. The van der Waals surface area contributed by atoms with E-state index in [9.17, 15) is 22.0 Å². The van der Waals surface area contributed by atoms with E-state index >= 15 is 0 Å². The third kappa shape index (κ3) is 5.17. The molecule has 2 rings (SSSR count). The molecular formula is C18H18ClF2NO4S. The fraction of sp³-hybridized carbons (Fsp3) is 0.278. The summed E-state index contributed by atoms with van der Waals surface area (Å²) in [6.45, 7) is -0.287. The van der Waals surface area contributed by atoms with Crippen LogP contribution in [0.1, 0.15) is 17.2 Å². The molecule has 5 nitrogen and oxygen atoms in total. The molecule has 0 bridgehead atoms. The zero-order chi connectivity index (χ0) is 20.2. The van der Waals surface area contributed by atoms with Gasteiger partial charge in [-0.3, -0.25) is 0 Å². The lowest BCUT2D eigenvalue weighted by Crippen LogP contribution is -2.24. The van der Waals surface area contributed by atoms with Crippen LogP contribution in [0.25, 0.3) is 0 Å². The predicted molar refractivity (Wildman–Crippen MR) is 97.4 cm³/mol. The molecule has 1 unspecified atom stereocenters. The molecule has 2 aromatic rings. The molecule has 0 aliphatic rings. The van der Waals surface area contributed by atoms with E-state index in [1.165, 1.54) is 43.3 Å². The normalized spacial score (nSPS) is 12.5. The smallest absolute Gasteiger partial charge is 0.409 e. The van der Waals surface area contributed by atoms with E-state index in [-0.39, 0.29) is 23.5 Å². The summed E-state index contributed by atoms with van der Waals surface area (Å²) < 4.78 is 58.9. The number of ether oxygens (including phenoxy) is 1. The predicted octanol–water partition coefficient (Wildman–Crippen LogP) is 4.22. The summed E-state index contributed by atoms with van der Waals surface area (Å²) in [5.41, 5.74) is -0.328. The summed E-state index contributed by atoms with van der Waals surface area (Å²) in [6.07, 6.45) is -0.914. The lowest BCUT2D eigenvalue weighted by molar-refractivity contribution is 0.117. The Kier molecular flexibility index (Phi) is 6.78. The van der Waals surface area contributed by atoms with Crippen molar-refractivity contribution in [1.29, 1.82) is 0 Å². The highest BCUT2D eigenvalue weighted by Gasteiger charge is 2.32. The van der Waals surface area contributed by atoms with E-state index in [0.717, 1.165) is 18.2 Å². The average molecular weight is 418 g/mol. The summed E-state index contributed by atoms with van der Waals surface area (Å²) in [7, 11) is -1.16. The number of carbonyl (C=O) groups excluding carboxylic acids is 1. The van der Waals surface area contributed by atoms with Crippen LogP contribution in [0.4, 0.5) is 13.6 Å². The van der Waals surface area contributed by atoms with Crippen molar-refractivity contribution in [3.63, 3.8) is 0 Å². The topological polar surface area (TPSA) is 63.7 Å². The van der Waals surface area contributed by atoms with Crippen molar-refractivity contribution in [3.8, 4) is 0 Å². The highest BCUT2D eigenvalue weighted by molar-refractivity contribution is 7.91. The van der Waals surface area contributed by atoms with E-state index < -0.39 is 32.8 Å². The molecule has 1 atom stereocenters. The summed E-state index contributed by atoms with van der Waals surface area (Å²) in [6, 6.07) is 7.94. The second-order valence-electron chi connectivity index (χ2n) is 5.95. The second-order valence-corrected chi connectivity index (χ2v) is 8.52. The van der Waals surface area contributed by atoms with Gasteiger partial charge in [0.1, 0.15) is 11.6 Å². The van der Waals surface area contributed by atoms with Gasteiger partial charge in [0, 0.05) is 31.1 Å². The number of sulfone groups is 1. The van der Waals surface area contributed by atoms with Crippen LogP contribution in [0.3, 0.4) is 0 Å². The molecule has 0 N–H and O–H groups in total. The monoisotopic (exact) mass is 417 g/mol. The molecule has 0 saturated heterocycles. The molecule has 0 aliphatic carbocycles. The van der Waals surface area contributed by atoms with Crippen molar-refractivity contribution in [2.45, 2.75) is 16.6 Å².